The quantitative estimate of drug-likeness (QED) is 0.360. The van der Waals surface area contributed by atoms with E-state index in [1.165, 1.54) is 25.2 Å². The highest BCUT2D eigenvalue weighted by atomic mass is 35.5. The summed E-state index contributed by atoms with van der Waals surface area (Å²) in [6.45, 7) is 1.23. The predicted octanol–water partition coefficient (Wildman–Crippen LogP) is 5.03. The Balaban J connectivity index is 2.00. The predicted molar refractivity (Wildman–Crippen MR) is 158 cm³/mol. The minimum atomic E-state index is -3.96. The molecule has 3 rings (SSSR count). The van der Waals surface area contributed by atoms with E-state index in [9.17, 15) is 18.0 Å². The van der Waals surface area contributed by atoms with E-state index in [2.05, 4.69) is 5.32 Å². The normalized spacial score (nSPS) is 14.8. The zero-order chi connectivity index (χ0) is 29.4. The summed E-state index contributed by atoms with van der Waals surface area (Å²) < 4.78 is 37.6. The molecule has 1 fully saturated rings. The lowest BCUT2D eigenvalue weighted by atomic mass is 9.95. The molecule has 0 saturated heterocycles. The molecule has 0 bridgehead atoms. The first-order chi connectivity index (χ1) is 19.0. The van der Waals surface area contributed by atoms with Crippen molar-refractivity contribution in [2.24, 2.45) is 0 Å². The fourth-order valence-corrected chi connectivity index (χ4v) is 6.20. The first-order valence-corrected chi connectivity index (χ1v) is 15.8. The van der Waals surface area contributed by atoms with Crippen molar-refractivity contribution < 1.29 is 27.5 Å². The van der Waals surface area contributed by atoms with Gasteiger partial charge in [-0.2, -0.15) is 0 Å². The molecule has 1 atom stereocenters. The third-order valence-electron chi connectivity index (χ3n) is 7.03. The van der Waals surface area contributed by atoms with Crippen molar-refractivity contribution in [1.82, 2.24) is 10.2 Å². The van der Waals surface area contributed by atoms with Crippen LogP contribution in [0.15, 0.2) is 36.4 Å². The van der Waals surface area contributed by atoms with Gasteiger partial charge < -0.3 is 19.7 Å². The Morgan fingerprint density at radius 1 is 1.05 bits per heavy atom. The molecule has 0 radical (unpaired) electrons. The Bertz CT molecular complexity index is 1300. The van der Waals surface area contributed by atoms with Gasteiger partial charge in [0.05, 0.1) is 26.2 Å². The van der Waals surface area contributed by atoms with Crippen molar-refractivity contribution in [2.45, 2.75) is 64.1 Å². The second-order valence-corrected chi connectivity index (χ2v) is 12.6. The van der Waals surface area contributed by atoms with Crippen LogP contribution in [0.1, 0.15) is 51.0 Å². The molecule has 2 amide bonds. The number of carbonyl (C=O) groups is 2. The summed E-state index contributed by atoms with van der Waals surface area (Å²) in [5.41, 5.74) is 0.718. The minimum absolute atomic E-state index is 0.0156. The van der Waals surface area contributed by atoms with Gasteiger partial charge in [0.2, 0.25) is 21.8 Å². The maximum absolute atomic E-state index is 14.0. The van der Waals surface area contributed by atoms with Gasteiger partial charge >= 0.3 is 0 Å². The smallest absolute Gasteiger partial charge is 0.244 e. The van der Waals surface area contributed by atoms with Crippen molar-refractivity contribution in [2.75, 3.05) is 31.3 Å². The van der Waals surface area contributed by atoms with Crippen molar-refractivity contribution in [3.05, 3.63) is 52.0 Å². The molecular weight excluding hydrogens is 577 g/mol. The van der Waals surface area contributed by atoms with Gasteiger partial charge in [-0.3, -0.25) is 13.9 Å². The van der Waals surface area contributed by atoms with Crippen LogP contribution in [0.4, 0.5) is 5.69 Å². The van der Waals surface area contributed by atoms with Crippen LogP contribution in [0, 0.1) is 0 Å². The molecule has 1 aliphatic rings. The third kappa shape index (κ3) is 8.17. The van der Waals surface area contributed by atoms with E-state index >= 15 is 0 Å². The van der Waals surface area contributed by atoms with Crippen LogP contribution in [0.5, 0.6) is 11.5 Å². The monoisotopic (exact) mass is 613 g/mol. The molecule has 0 spiro atoms. The fourth-order valence-electron chi connectivity index (χ4n) is 4.88. The van der Waals surface area contributed by atoms with Gasteiger partial charge in [0.1, 0.15) is 24.1 Å². The number of sulfonamides is 1. The summed E-state index contributed by atoms with van der Waals surface area (Å²) in [5, 5.41) is 3.88. The van der Waals surface area contributed by atoms with Crippen LogP contribution in [-0.4, -0.2) is 64.2 Å². The summed E-state index contributed by atoms with van der Waals surface area (Å²) in [6, 6.07) is 8.77. The number of nitrogens with zero attached hydrogens (tertiary/aromatic N) is 2. The summed E-state index contributed by atoms with van der Waals surface area (Å²) in [5.74, 6) is -0.224. The number of anilines is 1. The molecule has 1 aliphatic carbocycles. The number of methoxy groups -OCH3 is 2. The average molecular weight is 615 g/mol. The topological polar surface area (TPSA) is 105 Å². The van der Waals surface area contributed by atoms with E-state index in [4.69, 9.17) is 32.7 Å². The van der Waals surface area contributed by atoms with E-state index in [0.717, 1.165) is 42.7 Å². The van der Waals surface area contributed by atoms with Crippen LogP contribution in [0.25, 0.3) is 0 Å². The molecule has 1 N–H and O–H groups in total. The Kier molecular flexibility index (Phi) is 11.4. The molecule has 1 saturated carbocycles. The summed E-state index contributed by atoms with van der Waals surface area (Å²) in [6.07, 6.45) is 6.31. The number of benzene rings is 2. The maximum Gasteiger partial charge on any atom is 0.244 e. The highest BCUT2D eigenvalue weighted by Gasteiger charge is 2.34. The molecule has 2 aromatic rings. The van der Waals surface area contributed by atoms with Crippen molar-refractivity contribution in [1.29, 1.82) is 0 Å². The van der Waals surface area contributed by atoms with Crippen LogP contribution >= 0.6 is 23.2 Å². The number of ether oxygens (including phenoxy) is 2. The van der Waals surface area contributed by atoms with E-state index in [1.807, 2.05) is 6.92 Å². The zero-order valence-corrected chi connectivity index (χ0v) is 25.6. The molecule has 220 valence electrons. The van der Waals surface area contributed by atoms with Crippen LogP contribution in [0.3, 0.4) is 0 Å². The molecule has 12 heteroatoms. The lowest BCUT2D eigenvalue weighted by molar-refractivity contribution is -0.140. The van der Waals surface area contributed by atoms with Gasteiger partial charge in [0.15, 0.2) is 0 Å². The second kappa shape index (κ2) is 14.3. The molecule has 0 aromatic heterocycles. The Hall–Kier alpha value is -2.69. The largest absolute Gasteiger partial charge is 0.497 e. The molecule has 9 nitrogen and oxygen atoms in total. The molecule has 2 aromatic carbocycles. The zero-order valence-electron chi connectivity index (χ0n) is 23.3. The lowest BCUT2D eigenvalue weighted by Crippen LogP contribution is -2.54. The standard InChI is InChI=1S/C28H37Cl2N3O6S/c1-5-24(28(35)31-21-9-7-6-8-10-21)32(17-19-11-12-20(29)15-23(19)30)27(34)18-33(40(4,36)37)25-16-22(38-2)13-14-26(25)39-3/h11-16,21,24H,5-10,17-18H2,1-4H3,(H,31,35)/t24-/m0/s1. The summed E-state index contributed by atoms with van der Waals surface area (Å²) in [7, 11) is -1.10. The Morgan fingerprint density at radius 3 is 2.33 bits per heavy atom. The van der Waals surface area contributed by atoms with Crippen molar-refractivity contribution in [3.63, 3.8) is 0 Å². The molecule has 40 heavy (non-hydrogen) atoms. The Morgan fingerprint density at radius 2 is 1.75 bits per heavy atom. The number of hydrogen-bond acceptors (Lipinski definition) is 6. The van der Waals surface area contributed by atoms with Crippen molar-refractivity contribution >= 4 is 50.7 Å². The number of carbonyl (C=O) groups excluding carboxylic acids is 2. The molecular formula is C28H37Cl2N3O6S. The number of halogens is 2. The van der Waals surface area contributed by atoms with Gasteiger partial charge in [-0.25, -0.2) is 8.42 Å². The van der Waals surface area contributed by atoms with E-state index in [0.29, 0.717) is 27.8 Å². The van der Waals surface area contributed by atoms with Crippen LogP contribution in [0.2, 0.25) is 10.0 Å². The first kappa shape index (κ1) is 31.8. The van der Waals surface area contributed by atoms with Gasteiger partial charge in [-0.15, -0.1) is 0 Å². The van der Waals surface area contributed by atoms with Gasteiger partial charge in [0, 0.05) is 28.7 Å². The Labute approximate surface area is 246 Å². The first-order valence-electron chi connectivity index (χ1n) is 13.2. The van der Waals surface area contributed by atoms with Gasteiger partial charge in [-0.05, 0) is 49.1 Å². The number of amides is 2. The van der Waals surface area contributed by atoms with Gasteiger partial charge in [-0.1, -0.05) is 55.5 Å². The number of hydrogen-bond donors (Lipinski definition) is 1. The molecule has 0 unspecified atom stereocenters. The van der Waals surface area contributed by atoms with Crippen molar-refractivity contribution in [3.8, 4) is 11.5 Å². The average Bonchev–Trinajstić information content (AvgIpc) is 2.92. The number of nitrogens with one attached hydrogen (secondary N) is 1. The SMILES string of the molecule is CC[C@@H](C(=O)NC1CCCCC1)N(Cc1ccc(Cl)cc1Cl)C(=O)CN(c1cc(OC)ccc1OC)S(C)(=O)=O. The minimum Gasteiger partial charge on any atom is -0.497 e. The summed E-state index contributed by atoms with van der Waals surface area (Å²) in [4.78, 5) is 28.9. The number of rotatable bonds is 12. The van der Waals surface area contributed by atoms with E-state index in [1.54, 1.807) is 30.3 Å². The maximum atomic E-state index is 14.0. The highest BCUT2D eigenvalue weighted by molar-refractivity contribution is 7.92. The molecule has 0 aliphatic heterocycles. The van der Waals surface area contributed by atoms with Gasteiger partial charge in [0.25, 0.3) is 0 Å². The van der Waals surface area contributed by atoms with Crippen LogP contribution < -0.4 is 19.1 Å². The highest BCUT2D eigenvalue weighted by Crippen LogP contribution is 2.34. The van der Waals surface area contributed by atoms with E-state index < -0.39 is 28.5 Å². The second-order valence-electron chi connectivity index (χ2n) is 9.83. The fraction of sp³-hybridized carbons (Fsp3) is 0.500. The van der Waals surface area contributed by atoms with Crippen LogP contribution in [-0.2, 0) is 26.2 Å². The van der Waals surface area contributed by atoms with E-state index in [-0.39, 0.29) is 29.9 Å². The molecule has 0 heterocycles. The third-order valence-corrected chi connectivity index (χ3v) is 8.74. The summed E-state index contributed by atoms with van der Waals surface area (Å²) >= 11 is 12.5. The lowest BCUT2D eigenvalue weighted by Gasteiger charge is -2.34.